The summed E-state index contributed by atoms with van der Waals surface area (Å²) in [5, 5.41) is 0. The first-order valence-electron chi connectivity index (χ1n) is 7.44. The van der Waals surface area contributed by atoms with Gasteiger partial charge in [0.05, 0.1) is 0 Å². The lowest BCUT2D eigenvalue weighted by Gasteiger charge is -2.13. The molecule has 1 aromatic carbocycles. The summed E-state index contributed by atoms with van der Waals surface area (Å²) >= 11 is 0. The SMILES string of the molecule is Cc1ccc(OS(=O)(=O)c2c[nH]c(C(=O)N3CCCC3)c2)cc1. The highest BCUT2D eigenvalue weighted by Crippen LogP contribution is 2.21. The van der Waals surface area contributed by atoms with Crippen molar-refractivity contribution in [2.75, 3.05) is 13.1 Å². The highest BCUT2D eigenvalue weighted by atomic mass is 32.2. The number of hydrogen-bond donors (Lipinski definition) is 1. The number of rotatable bonds is 4. The molecule has 2 heterocycles. The topological polar surface area (TPSA) is 79.5 Å². The van der Waals surface area contributed by atoms with Crippen LogP contribution in [0.25, 0.3) is 0 Å². The van der Waals surface area contributed by atoms with Crippen molar-refractivity contribution >= 4 is 16.0 Å². The van der Waals surface area contributed by atoms with Gasteiger partial charge in [0.15, 0.2) is 0 Å². The molecule has 1 aliphatic heterocycles. The molecule has 7 heteroatoms. The Hall–Kier alpha value is -2.28. The standard InChI is InChI=1S/C16H18N2O4S/c1-12-4-6-13(7-5-12)22-23(20,21)14-10-15(17-11-14)16(19)18-8-2-3-9-18/h4-7,10-11,17H,2-3,8-9H2,1H3. The van der Waals surface area contributed by atoms with Crippen molar-refractivity contribution in [1.82, 2.24) is 9.88 Å². The monoisotopic (exact) mass is 334 g/mol. The maximum atomic E-state index is 12.3. The van der Waals surface area contributed by atoms with E-state index in [0.717, 1.165) is 18.4 Å². The molecule has 1 N–H and O–H groups in total. The van der Waals surface area contributed by atoms with Crippen molar-refractivity contribution in [3.05, 3.63) is 47.8 Å². The van der Waals surface area contributed by atoms with Gasteiger partial charge in [-0.3, -0.25) is 4.79 Å². The quantitative estimate of drug-likeness (QED) is 0.870. The van der Waals surface area contributed by atoms with Crippen molar-refractivity contribution in [3.63, 3.8) is 0 Å². The van der Waals surface area contributed by atoms with Gasteiger partial charge in [0, 0.05) is 19.3 Å². The zero-order valence-electron chi connectivity index (χ0n) is 12.8. The third-order valence-corrected chi connectivity index (χ3v) is 5.02. The minimum absolute atomic E-state index is 0.0550. The Balaban J connectivity index is 1.78. The van der Waals surface area contributed by atoms with Crippen LogP contribution in [0.3, 0.4) is 0 Å². The number of likely N-dealkylation sites (tertiary alicyclic amines) is 1. The lowest BCUT2D eigenvalue weighted by Crippen LogP contribution is -2.27. The summed E-state index contributed by atoms with van der Waals surface area (Å²) in [4.78, 5) is 16.6. The van der Waals surface area contributed by atoms with E-state index in [4.69, 9.17) is 4.18 Å². The van der Waals surface area contributed by atoms with Crippen LogP contribution in [-0.2, 0) is 10.1 Å². The fraction of sp³-hybridized carbons (Fsp3) is 0.312. The lowest BCUT2D eigenvalue weighted by molar-refractivity contribution is 0.0787. The molecule has 3 rings (SSSR count). The number of carbonyl (C=O) groups is 1. The lowest BCUT2D eigenvalue weighted by atomic mass is 10.2. The first-order chi connectivity index (χ1) is 11.0. The maximum Gasteiger partial charge on any atom is 0.340 e. The largest absolute Gasteiger partial charge is 0.379 e. The molecule has 0 radical (unpaired) electrons. The van der Waals surface area contributed by atoms with Gasteiger partial charge in [-0.2, -0.15) is 8.42 Å². The van der Waals surface area contributed by atoms with E-state index < -0.39 is 10.1 Å². The first-order valence-corrected chi connectivity index (χ1v) is 8.85. The van der Waals surface area contributed by atoms with Gasteiger partial charge < -0.3 is 14.1 Å². The molecule has 23 heavy (non-hydrogen) atoms. The molecule has 1 fully saturated rings. The summed E-state index contributed by atoms with van der Waals surface area (Å²) in [5.41, 5.74) is 1.27. The Bertz CT molecular complexity index is 803. The molecule has 0 spiro atoms. The van der Waals surface area contributed by atoms with Crippen LogP contribution >= 0.6 is 0 Å². The second-order valence-corrected chi connectivity index (χ2v) is 7.15. The summed E-state index contributed by atoms with van der Waals surface area (Å²) in [5.74, 6) is 0.0588. The molecular weight excluding hydrogens is 316 g/mol. The molecule has 1 amide bonds. The highest BCUT2D eigenvalue weighted by molar-refractivity contribution is 7.87. The molecule has 1 aromatic heterocycles. The van der Waals surface area contributed by atoms with E-state index in [1.807, 2.05) is 6.92 Å². The summed E-state index contributed by atoms with van der Waals surface area (Å²) in [7, 11) is -3.96. The first kappa shape index (κ1) is 15.6. The van der Waals surface area contributed by atoms with Crippen molar-refractivity contribution in [3.8, 4) is 5.75 Å². The van der Waals surface area contributed by atoms with Gasteiger partial charge in [0.1, 0.15) is 16.3 Å². The van der Waals surface area contributed by atoms with Crippen LogP contribution in [0.5, 0.6) is 5.75 Å². The van der Waals surface area contributed by atoms with E-state index >= 15 is 0 Å². The molecule has 0 bridgehead atoms. The normalized spacial score (nSPS) is 14.9. The van der Waals surface area contributed by atoms with Gasteiger partial charge in [-0.1, -0.05) is 17.7 Å². The second-order valence-electron chi connectivity index (χ2n) is 5.60. The van der Waals surface area contributed by atoms with Crippen LogP contribution in [0.2, 0.25) is 0 Å². The summed E-state index contributed by atoms with van der Waals surface area (Å²) in [6.45, 7) is 3.32. The third-order valence-electron chi connectivity index (χ3n) is 3.80. The average Bonchev–Trinajstić information content (AvgIpc) is 3.20. The molecule has 6 nitrogen and oxygen atoms in total. The number of aromatic nitrogens is 1. The minimum Gasteiger partial charge on any atom is -0.379 e. The zero-order chi connectivity index (χ0) is 16.4. The van der Waals surface area contributed by atoms with E-state index in [-0.39, 0.29) is 22.2 Å². The average molecular weight is 334 g/mol. The summed E-state index contributed by atoms with van der Waals surface area (Å²) in [6, 6.07) is 8.05. The fourth-order valence-corrected chi connectivity index (χ4v) is 3.43. The Kier molecular flexibility index (Phi) is 4.12. The van der Waals surface area contributed by atoms with E-state index in [1.54, 1.807) is 29.2 Å². The molecule has 0 unspecified atom stereocenters. The Labute approximate surface area is 135 Å². The van der Waals surface area contributed by atoms with Crippen molar-refractivity contribution in [2.24, 2.45) is 0 Å². The molecule has 1 aliphatic rings. The molecule has 0 saturated carbocycles. The predicted octanol–water partition coefficient (Wildman–Crippen LogP) is 2.33. The molecule has 1 saturated heterocycles. The molecular formula is C16H18N2O4S. The minimum atomic E-state index is -3.96. The highest BCUT2D eigenvalue weighted by Gasteiger charge is 2.24. The van der Waals surface area contributed by atoms with E-state index in [2.05, 4.69) is 4.98 Å². The Morgan fingerprint density at radius 2 is 1.83 bits per heavy atom. The number of hydrogen-bond acceptors (Lipinski definition) is 4. The van der Waals surface area contributed by atoms with Gasteiger partial charge in [-0.15, -0.1) is 0 Å². The van der Waals surface area contributed by atoms with E-state index in [9.17, 15) is 13.2 Å². The van der Waals surface area contributed by atoms with Gasteiger partial charge in [0.25, 0.3) is 5.91 Å². The molecule has 2 aromatic rings. The number of benzene rings is 1. The molecule has 122 valence electrons. The molecule has 0 atom stereocenters. The predicted molar refractivity (Wildman–Crippen MR) is 84.9 cm³/mol. The number of aryl methyl sites for hydroxylation is 1. The zero-order valence-corrected chi connectivity index (χ0v) is 13.6. The van der Waals surface area contributed by atoms with Gasteiger partial charge >= 0.3 is 10.1 Å². The van der Waals surface area contributed by atoms with Crippen molar-refractivity contribution in [1.29, 1.82) is 0 Å². The van der Waals surface area contributed by atoms with Crippen LogP contribution < -0.4 is 4.18 Å². The number of amides is 1. The van der Waals surface area contributed by atoms with Gasteiger partial charge in [-0.25, -0.2) is 0 Å². The van der Waals surface area contributed by atoms with E-state index in [1.165, 1.54) is 12.3 Å². The number of H-pyrrole nitrogens is 1. The fourth-order valence-electron chi connectivity index (χ4n) is 2.50. The van der Waals surface area contributed by atoms with Crippen molar-refractivity contribution in [2.45, 2.75) is 24.7 Å². The van der Waals surface area contributed by atoms with Crippen LogP contribution in [0.1, 0.15) is 28.9 Å². The number of nitrogens with zero attached hydrogens (tertiary/aromatic N) is 1. The third kappa shape index (κ3) is 3.39. The number of aromatic amines is 1. The summed E-state index contributed by atoms with van der Waals surface area (Å²) in [6.07, 6.45) is 3.25. The van der Waals surface area contributed by atoms with E-state index in [0.29, 0.717) is 13.1 Å². The Morgan fingerprint density at radius 3 is 2.48 bits per heavy atom. The second kappa shape index (κ2) is 6.08. The van der Waals surface area contributed by atoms with Crippen molar-refractivity contribution < 1.29 is 17.4 Å². The maximum absolute atomic E-state index is 12.3. The molecule has 0 aliphatic carbocycles. The van der Waals surface area contributed by atoms with Crippen LogP contribution in [0, 0.1) is 6.92 Å². The van der Waals surface area contributed by atoms with Gasteiger partial charge in [0.2, 0.25) is 0 Å². The van der Waals surface area contributed by atoms with Crippen LogP contribution in [0.15, 0.2) is 41.4 Å². The summed E-state index contributed by atoms with van der Waals surface area (Å²) < 4.78 is 29.6. The Morgan fingerprint density at radius 1 is 1.17 bits per heavy atom. The van der Waals surface area contributed by atoms with Gasteiger partial charge in [-0.05, 0) is 38.0 Å². The van der Waals surface area contributed by atoms with Crippen LogP contribution in [0.4, 0.5) is 0 Å². The van der Waals surface area contributed by atoms with Crippen LogP contribution in [-0.4, -0.2) is 37.3 Å². The number of nitrogens with one attached hydrogen (secondary N) is 1. The number of carbonyl (C=O) groups excluding carboxylic acids is 1. The smallest absolute Gasteiger partial charge is 0.340 e.